The van der Waals surface area contributed by atoms with E-state index >= 15 is 0 Å². The number of carbonyl (C=O) groups is 1. The molecular weight excluding hydrogens is 444 g/mol. The third kappa shape index (κ3) is 4.44. The molecule has 0 heterocycles. The number of benzene rings is 3. The van der Waals surface area contributed by atoms with E-state index in [1.807, 2.05) is 48.5 Å². The van der Waals surface area contributed by atoms with Crippen molar-refractivity contribution in [2.45, 2.75) is 36.0 Å². The number of hydrogen-bond acceptors (Lipinski definition) is 3. The number of hydrogen-bond donors (Lipinski definition) is 2. The minimum atomic E-state index is -3.48. The topological polar surface area (TPSA) is 75.3 Å². The van der Waals surface area contributed by atoms with Gasteiger partial charge in [-0.1, -0.05) is 60.8 Å². The van der Waals surface area contributed by atoms with Crippen molar-refractivity contribution in [1.29, 1.82) is 0 Å². The van der Waals surface area contributed by atoms with Crippen LogP contribution < -0.4 is 10.0 Å². The first-order chi connectivity index (χ1) is 15.3. The molecule has 0 unspecified atom stereocenters. The average Bonchev–Trinajstić information content (AvgIpc) is 3.31. The zero-order chi connectivity index (χ0) is 22.8. The minimum Gasteiger partial charge on any atom is -0.325 e. The first-order valence-electron chi connectivity index (χ1n) is 10.6. The van der Waals surface area contributed by atoms with E-state index in [2.05, 4.69) is 10.0 Å². The first-order valence-corrected chi connectivity index (χ1v) is 12.4. The second kappa shape index (κ2) is 9.06. The Balaban J connectivity index is 1.58. The zero-order valence-electron chi connectivity index (χ0n) is 17.8. The minimum absolute atomic E-state index is 0.00932. The van der Waals surface area contributed by atoms with Crippen LogP contribution >= 0.6 is 11.6 Å². The standard InChI is InChI=1S/C25H25ClN2O3S/c1-27-32(30,31)23-13-7-18(8-14-23)19-5-4-6-22(17-19)28-24(29)25(15-2-3-16-25)20-9-11-21(26)12-10-20/h4-14,17,27H,2-3,15-16H2,1H3,(H,28,29). The van der Waals surface area contributed by atoms with Crippen molar-refractivity contribution in [3.05, 3.63) is 83.4 Å². The molecule has 7 heteroatoms. The van der Waals surface area contributed by atoms with Gasteiger partial charge in [-0.2, -0.15) is 0 Å². The van der Waals surface area contributed by atoms with Crippen LogP contribution in [-0.2, 0) is 20.2 Å². The highest BCUT2D eigenvalue weighted by molar-refractivity contribution is 7.89. The van der Waals surface area contributed by atoms with Gasteiger partial charge in [-0.25, -0.2) is 13.1 Å². The van der Waals surface area contributed by atoms with Crippen molar-refractivity contribution < 1.29 is 13.2 Å². The monoisotopic (exact) mass is 468 g/mol. The molecule has 1 amide bonds. The fourth-order valence-electron chi connectivity index (χ4n) is 4.37. The van der Waals surface area contributed by atoms with Crippen molar-refractivity contribution >= 4 is 33.2 Å². The Morgan fingerprint density at radius 1 is 0.906 bits per heavy atom. The Morgan fingerprint density at radius 3 is 2.19 bits per heavy atom. The number of sulfonamides is 1. The summed E-state index contributed by atoms with van der Waals surface area (Å²) in [4.78, 5) is 13.6. The summed E-state index contributed by atoms with van der Waals surface area (Å²) in [6, 6.07) is 21.8. The molecule has 3 aromatic rings. The van der Waals surface area contributed by atoms with Crippen molar-refractivity contribution in [1.82, 2.24) is 4.72 Å². The molecule has 0 atom stereocenters. The maximum Gasteiger partial charge on any atom is 0.240 e. The molecule has 5 nitrogen and oxygen atoms in total. The normalized spacial score (nSPS) is 15.4. The van der Waals surface area contributed by atoms with Gasteiger partial charge in [0.05, 0.1) is 10.3 Å². The van der Waals surface area contributed by atoms with Crippen LogP contribution in [0.3, 0.4) is 0 Å². The largest absolute Gasteiger partial charge is 0.325 e. The van der Waals surface area contributed by atoms with Gasteiger partial charge in [-0.3, -0.25) is 4.79 Å². The van der Waals surface area contributed by atoms with E-state index in [1.54, 1.807) is 24.3 Å². The highest BCUT2D eigenvalue weighted by Gasteiger charge is 2.42. The van der Waals surface area contributed by atoms with Gasteiger partial charge >= 0.3 is 0 Å². The molecular formula is C25H25ClN2O3S. The summed E-state index contributed by atoms with van der Waals surface area (Å²) < 4.78 is 26.2. The summed E-state index contributed by atoms with van der Waals surface area (Å²) in [5, 5.41) is 3.77. The van der Waals surface area contributed by atoms with Gasteiger partial charge in [0.15, 0.2) is 0 Å². The number of rotatable bonds is 6. The van der Waals surface area contributed by atoms with E-state index in [0.29, 0.717) is 10.7 Å². The second-order valence-electron chi connectivity index (χ2n) is 8.06. The lowest BCUT2D eigenvalue weighted by Gasteiger charge is -2.28. The molecule has 1 saturated carbocycles. The molecule has 0 saturated heterocycles. The maximum atomic E-state index is 13.4. The third-order valence-corrected chi connectivity index (χ3v) is 7.86. The van der Waals surface area contributed by atoms with Crippen LogP contribution in [-0.4, -0.2) is 21.4 Å². The molecule has 4 rings (SSSR count). The van der Waals surface area contributed by atoms with Crippen LogP contribution in [0.15, 0.2) is 77.7 Å². The van der Waals surface area contributed by atoms with Gasteiger partial charge < -0.3 is 5.32 Å². The van der Waals surface area contributed by atoms with Crippen LogP contribution in [0.25, 0.3) is 11.1 Å². The number of nitrogens with one attached hydrogen (secondary N) is 2. The average molecular weight is 469 g/mol. The first kappa shape index (κ1) is 22.5. The quantitative estimate of drug-likeness (QED) is 0.511. The Labute approximate surface area is 193 Å². The van der Waals surface area contributed by atoms with Gasteiger partial charge in [0.25, 0.3) is 0 Å². The Morgan fingerprint density at radius 2 is 1.56 bits per heavy atom. The summed E-state index contributed by atoms with van der Waals surface area (Å²) in [6.07, 6.45) is 3.64. The molecule has 1 aliphatic carbocycles. The summed E-state index contributed by atoms with van der Waals surface area (Å²) in [6.45, 7) is 0. The van der Waals surface area contributed by atoms with Crippen molar-refractivity contribution in [3.8, 4) is 11.1 Å². The highest BCUT2D eigenvalue weighted by atomic mass is 35.5. The fourth-order valence-corrected chi connectivity index (χ4v) is 5.22. The molecule has 0 radical (unpaired) electrons. The molecule has 0 aliphatic heterocycles. The molecule has 0 bridgehead atoms. The molecule has 0 spiro atoms. The molecule has 2 N–H and O–H groups in total. The number of carbonyl (C=O) groups excluding carboxylic acids is 1. The van der Waals surface area contributed by atoms with Crippen molar-refractivity contribution in [2.75, 3.05) is 12.4 Å². The molecule has 1 aliphatic rings. The molecule has 32 heavy (non-hydrogen) atoms. The van der Waals surface area contributed by atoms with Gasteiger partial charge in [0.1, 0.15) is 0 Å². The predicted octanol–water partition coefficient (Wildman–Crippen LogP) is 5.37. The van der Waals surface area contributed by atoms with Crippen molar-refractivity contribution in [3.63, 3.8) is 0 Å². The van der Waals surface area contributed by atoms with E-state index in [0.717, 1.165) is 42.4 Å². The maximum absolute atomic E-state index is 13.4. The molecule has 166 valence electrons. The van der Waals surface area contributed by atoms with Gasteiger partial charge in [-0.05, 0) is 73.0 Å². The summed E-state index contributed by atoms with van der Waals surface area (Å²) in [7, 11) is -2.10. The number of halogens is 1. The molecule has 3 aromatic carbocycles. The third-order valence-electron chi connectivity index (χ3n) is 6.18. The van der Waals surface area contributed by atoms with E-state index in [1.165, 1.54) is 7.05 Å². The Bertz CT molecular complexity index is 1220. The summed E-state index contributed by atoms with van der Waals surface area (Å²) in [5.41, 5.74) is 2.91. The summed E-state index contributed by atoms with van der Waals surface area (Å²) in [5.74, 6) is -0.00932. The van der Waals surface area contributed by atoms with Gasteiger partial charge in [0, 0.05) is 10.7 Å². The Kier molecular flexibility index (Phi) is 6.38. The molecule has 1 fully saturated rings. The van der Waals surface area contributed by atoms with E-state index in [-0.39, 0.29) is 10.8 Å². The SMILES string of the molecule is CNS(=O)(=O)c1ccc(-c2cccc(NC(=O)C3(c4ccc(Cl)cc4)CCCC3)c2)cc1. The van der Waals surface area contributed by atoms with Gasteiger partial charge in [0.2, 0.25) is 15.9 Å². The van der Waals surface area contributed by atoms with Crippen LogP contribution in [0.5, 0.6) is 0 Å². The predicted molar refractivity (Wildman–Crippen MR) is 128 cm³/mol. The molecule has 0 aromatic heterocycles. The van der Waals surface area contributed by atoms with Gasteiger partial charge in [-0.15, -0.1) is 0 Å². The lowest BCUT2D eigenvalue weighted by atomic mass is 9.78. The van der Waals surface area contributed by atoms with E-state index in [9.17, 15) is 13.2 Å². The van der Waals surface area contributed by atoms with Crippen LogP contribution in [0.2, 0.25) is 5.02 Å². The fraction of sp³-hybridized carbons (Fsp3) is 0.240. The lowest BCUT2D eigenvalue weighted by molar-refractivity contribution is -0.121. The van der Waals surface area contributed by atoms with E-state index in [4.69, 9.17) is 11.6 Å². The highest BCUT2D eigenvalue weighted by Crippen LogP contribution is 2.42. The number of amides is 1. The lowest BCUT2D eigenvalue weighted by Crippen LogP contribution is -2.37. The zero-order valence-corrected chi connectivity index (χ0v) is 19.3. The number of anilines is 1. The van der Waals surface area contributed by atoms with Crippen molar-refractivity contribution in [2.24, 2.45) is 0 Å². The Hall–Kier alpha value is -2.67. The second-order valence-corrected chi connectivity index (χ2v) is 10.4. The smallest absolute Gasteiger partial charge is 0.240 e. The van der Waals surface area contributed by atoms with E-state index < -0.39 is 15.4 Å². The summed E-state index contributed by atoms with van der Waals surface area (Å²) >= 11 is 6.05. The van der Waals surface area contributed by atoms with Crippen LogP contribution in [0.1, 0.15) is 31.2 Å². The van der Waals surface area contributed by atoms with Crippen LogP contribution in [0, 0.1) is 0 Å². The van der Waals surface area contributed by atoms with Crippen LogP contribution in [0.4, 0.5) is 5.69 Å².